The summed E-state index contributed by atoms with van der Waals surface area (Å²) in [6.45, 7) is 7.35. The van der Waals surface area contributed by atoms with Gasteiger partial charge in [-0.15, -0.1) is 0 Å². The number of ether oxygens (including phenoxy) is 2. The van der Waals surface area contributed by atoms with Crippen molar-refractivity contribution >= 4 is 17.6 Å². The van der Waals surface area contributed by atoms with Gasteiger partial charge in [-0.2, -0.15) is 0 Å². The number of fused-ring (bicyclic) bond motifs is 5. The van der Waals surface area contributed by atoms with Gasteiger partial charge in [-0.1, -0.05) is 31.2 Å². The van der Waals surface area contributed by atoms with Crippen LogP contribution < -0.4 is 15.8 Å². The van der Waals surface area contributed by atoms with E-state index in [1.807, 2.05) is 12.1 Å². The number of alkyl carbamates (subject to hydrolysis) is 1. The molecule has 162 valence electrons. The normalized spacial score (nSPS) is 30.2. The van der Waals surface area contributed by atoms with Gasteiger partial charge in [0.05, 0.1) is 5.56 Å². The molecule has 2 aromatic rings. The summed E-state index contributed by atoms with van der Waals surface area (Å²) in [7, 11) is 0. The van der Waals surface area contributed by atoms with Gasteiger partial charge in [0.15, 0.2) is 0 Å². The smallest absolute Gasteiger partial charge is 0.408 e. The van der Waals surface area contributed by atoms with Gasteiger partial charge in [0.1, 0.15) is 11.4 Å². The van der Waals surface area contributed by atoms with Gasteiger partial charge in [0.25, 0.3) is 5.79 Å². The van der Waals surface area contributed by atoms with Crippen LogP contribution in [0.5, 0.6) is 5.75 Å². The van der Waals surface area contributed by atoms with Crippen molar-refractivity contribution in [3.05, 3.63) is 58.7 Å². The molecule has 1 aliphatic heterocycles. The molecule has 3 aliphatic rings. The second kappa shape index (κ2) is 6.01. The Morgan fingerprint density at radius 3 is 2.61 bits per heavy atom. The first-order valence-electron chi connectivity index (χ1n) is 10.5. The molecule has 31 heavy (non-hydrogen) atoms. The predicted octanol–water partition coefficient (Wildman–Crippen LogP) is 3.55. The Balaban J connectivity index is 1.68. The summed E-state index contributed by atoms with van der Waals surface area (Å²) in [4.78, 5) is 26.6. The molecule has 1 fully saturated rings. The van der Waals surface area contributed by atoms with E-state index in [1.165, 1.54) is 0 Å². The fourth-order valence-corrected chi connectivity index (χ4v) is 4.86. The first kappa shape index (κ1) is 19.9. The number of benzene rings is 2. The molecule has 0 bridgehead atoms. The Bertz CT molecular complexity index is 1140. The molecule has 4 N–H and O–H groups in total. The molecule has 0 aromatic heterocycles. The SMILES string of the molecule is C[C@H]1CC1c1ccc2c(c1)O[C@]1(O)c3cccc(N)c3C(=O)[C@]21NC(=O)OC(C)(C)C. The van der Waals surface area contributed by atoms with E-state index < -0.39 is 28.8 Å². The number of nitrogens with one attached hydrogen (secondary N) is 1. The fourth-order valence-electron chi connectivity index (χ4n) is 4.86. The zero-order valence-electron chi connectivity index (χ0n) is 18.0. The van der Waals surface area contributed by atoms with Gasteiger partial charge in [0, 0.05) is 16.8 Å². The predicted molar refractivity (Wildman–Crippen MR) is 114 cm³/mol. The lowest BCUT2D eigenvalue weighted by Gasteiger charge is -2.35. The lowest BCUT2D eigenvalue weighted by Crippen LogP contribution is -2.60. The van der Waals surface area contributed by atoms with E-state index in [2.05, 4.69) is 12.2 Å². The summed E-state index contributed by atoms with van der Waals surface area (Å²) in [5.41, 5.74) is 5.47. The topological polar surface area (TPSA) is 111 Å². The van der Waals surface area contributed by atoms with Crippen molar-refractivity contribution in [3.63, 3.8) is 0 Å². The van der Waals surface area contributed by atoms with Crippen LogP contribution in [-0.2, 0) is 16.1 Å². The molecule has 2 aromatic carbocycles. The van der Waals surface area contributed by atoms with Crippen LogP contribution in [0.2, 0.25) is 0 Å². The van der Waals surface area contributed by atoms with Crippen LogP contribution in [0, 0.1) is 5.92 Å². The number of hydrogen-bond acceptors (Lipinski definition) is 6. The third-order valence-corrected chi connectivity index (χ3v) is 6.43. The van der Waals surface area contributed by atoms with Crippen molar-refractivity contribution in [2.45, 2.75) is 57.0 Å². The third kappa shape index (κ3) is 2.62. The van der Waals surface area contributed by atoms with Crippen LogP contribution in [0.3, 0.4) is 0 Å². The molecular weight excluding hydrogens is 396 g/mol. The molecule has 0 radical (unpaired) electrons. The number of carbonyl (C=O) groups is 2. The first-order valence-corrected chi connectivity index (χ1v) is 10.5. The average molecular weight is 422 g/mol. The molecule has 0 spiro atoms. The van der Waals surface area contributed by atoms with Crippen molar-refractivity contribution in [3.8, 4) is 5.75 Å². The van der Waals surface area contributed by atoms with Crippen LogP contribution in [0.4, 0.5) is 10.5 Å². The molecule has 1 heterocycles. The first-order chi connectivity index (χ1) is 14.5. The maximum Gasteiger partial charge on any atom is 0.408 e. The van der Waals surface area contributed by atoms with Crippen molar-refractivity contribution < 1.29 is 24.2 Å². The molecule has 5 rings (SSSR count). The minimum Gasteiger partial charge on any atom is -0.454 e. The van der Waals surface area contributed by atoms with Gasteiger partial charge < -0.3 is 20.3 Å². The van der Waals surface area contributed by atoms with E-state index in [1.54, 1.807) is 45.0 Å². The van der Waals surface area contributed by atoms with Crippen molar-refractivity contribution in [2.24, 2.45) is 5.92 Å². The number of nitrogen functional groups attached to an aromatic ring is 1. The van der Waals surface area contributed by atoms with Crippen LogP contribution in [-0.4, -0.2) is 22.6 Å². The number of hydrogen-bond donors (Lipinski definition) is 3. The van der Waals surface area contributed by atoms with Gasteiger partial charge in [-0.05, 0) is 56.7 Å². The van der Waals surface area contributed by atoms with E-state index in [9.17, 15) is 14.7 Å². The van der Waals surface area contributed by atoms with E-state index in [4.69, 9.17) is 15.2 Å². The Kier molecular flexibility index (Phi) is 3.85. The van der Waals surface area contributed by atoms with Crippen LogP contribution in [0.25, 0.3) is 0 Å². The van der Waals surface area contributed by atoms with Gasteiger partial charge in [-0.3, -0.25) is 10.1 Å². The summed E-state index contributed by atoms with van der Waals surface area (Å²) in [5.74, 6) is -1.28. The number of anilines is 1. The molecule has 1 amide bonds. The molecule has 2 aliphatic carbocycles. The lowest BCUT2D eigenvalue weighted by atomic mass is 9.82. The number of ketones is 1. The zero-order valence-corrected chi connectivity index (χ0v) is 18.0. The Morgan fingerprint density at radius 2 is 1.97 bits per heavy atom. The minimum atomic E-state index is -2.14. The molecule has 7 nitrogen and oxygen atoms in total. The summed E-state index contributed by atoms with van der Waals surface area (Å²) < 4.78 is 11.5. The molecular formula is C24H26N2O5. The monoisotopic (exact) mass is 422 g/mol. The van der Waals surface area contributed by atoms with Gasteiger partial charge >= 0.3 is 6.09 Å². The number of rotatable bonds is 2. The number of Topliss-reactive ketones (excluding diaryl/α,β-unsaturated/α-hetero) is 1. The Hall–Kier alpha value is -3.06. The fraction of sp³-hybridized carbons (Fsp3) is 0.417. The standard InChI is InChI=1S/C24H26N2O5/c1-12-10-14(12)13-8-9-15-18(11-13)30-24(29)16-6-5-7-17(25)19(16)20(27)23(15,24)26-21(28)31-22(2,3)4/h5-9,11-12,14,29H,10,25H2,1-4H3,(H,26,28)/t12-,14?,23+,24+/m0/s1. The molecule has 4 atom stereocenters. The van der Waals surface area contributed by atoms with E-state index >= 15 is 0 Å². The van der Waals surface area contributed by atoms with Crippen LogP contribution in [0.1, 0.15) is 67.1 Å². The highest BCUT2D eigenvalue weighted by Gasteiger charge is 2.72. The Labute approximate surface area is 180 Å². The number of aliphatic hydroxyl groups is 1. The van der Waals surface area contributed by atoms with Crippen molar-refractivity contribution in [1.82, 2.24) is 5.32 Å². The molecule has 0 saturated heterocycles. The number of carbonyl (C=O) groups excluding carboxylic acids is 2. The quantitative estimate of drug-likeness (QED) is 0.639. The zero-order chi connectivity index (χ0) is 22.3. The molecule has 1 unspecified atom stereocenters. The Morgan fingerprint density at radius 1 is 1.26 bits per heavy atom. The second-order valence-electron chi connectivity index (χ2n) is 9.80. The van der Waals surface area contributed by atoms with Crippen molar-refractivity contribution in [2.75, 3.05) is 5.73 Å². The highest BCUT2D eigenvalue weighted by molar-refractivity contribution is 6.14. The summed E-state index contributed by atoms with van der Waals surface area (Å²) in [5, 5.41) is 14.5. The highest BCUT2D eigenvalue weighted by atomic mass is 16.6. The summed E-state index contributed by atoms with van der Waals surface area (Å²) in [6, 6.07) is 10.4. The minimum absolute atomic E-state index is 0.145. The second-order valence-corrected chi connectivity index (χ2v) is 9.80. The lowest BCUT2D eigenvalue weighted by molar-refractivity contribution is -0.170. The largest absolute Gasteiger partial charge is 0.454 e. The highest BCUT2D eigenvalue weighted by Crippen LogP contribution is 2.60. The van der Waals surface area contributed by atoms with Crippen LogP contribution in [0.15, 0.2) is 36.4 Å². The molecule has 1 saturated carbocycles. The van der Waals surface area contributed by atoms with E-state index in [0.29, 0.717) is 23.1 Å². The van der Waals surface area contributed by atoms with Gasteiger partial charge in [-0.25, -0.2) is 4.79 Å². The maximum atomic E-state index is 13.8. The van der Waals surface area contributed by atoms with Crippen molar-refractivity contribution in [1.29, 1.82) is 0 Å². The average Bonchev–Trinajstić information content (AvgIpc) is 3.29. The number of nitrogens with two attached hydrogens (primary N) is 1. The molecule has 7 heteroatoms. The maximum absolute atomic E-state index is 13.8. The summed E-state index contributed by atoms with van der Waals surface area (Å²) in [6.07, 6.45) is 0.254. The summed E-state index contributed by atoms with van der Waals surface area (Å²) >= 11 is 0. The van der Waals surface area contributed by atoms with Crippen LogP contribution >= 0.6 is 0 Å². The van der Waals surface area contributed by atoms with E-state index in [-0.39, 0.29) is 16.8 Å². The van der Waals surface area contributed by atoms with Gasteiger partial charge in [0.2, 0.25) is 11.3 Å². The number of amides is 1. The third-order valence-electron chi connectivity index (χ3n) is 6.43. The van der Waals surface area contributed by atoms with E-state index in [0.717, 1.165) is 12.0 Å².